The van der Waals surface area contributed by atoms with Crippen molar-refractivity contribution in [3.05, 3.63) is 51.7 Å². The number of carbonyl (C=O) groups excluding carboxylic acids is 2. The first kappa shape index (κ1) is 23.3. The minimum absolute atomic E-state index is 0.00969. The van der Waals surface area contributed by atoms with E-state index in [9.17, 15) is 9.59 Å². The number of fused-ring (bicyclic) bond motifs is 1. The molecule has 6 heteroatoms. The van der Waals surface area contributed by atoms with Gasteiger partial charge >= 0.3 is 0 Å². The third-order valence-electron chi connectivity index (χ3n) is 6.11. The number of hydrogen-bond donors (Lipinski definition) is 0. The second-order valence-corrected chi connectivity index (χ2v) is 9.61. The van der Waals surface area contributed by atoms with Gasteiger partial charge in [-0.25, -0.2) is 0 Å². The summed E-state index contributed by atoms with van der Waals surface area (Å²) >= 11 is 1.74. The fourth-order valence-electron chi connectivity index (χ4n) is 4.00. The minimum Gasteiger partial charge on any atom is -0.491 e. The molecule has 1 aromatic heterocycles. The van der Waals surface area contributed by atoms with Gasteiger partial charge < -0.3 is 14.5 Å². The number of ether oxygens (including phenoxy) is 1. The van der Waals surface area contributed by atoms with Gasteiger partial charge in [-0.15, -0.1) is 11.3 Å². The molecule has 1 aliphatic rings. The van der Waals surface area contributed by atoms with Crippen LogP contribution >= 0.6 is 11.3 Å². The smallest absolute Gasteiger partial charge is 0.242 e. The summed E-state index contributed by atoms with van der Waals surface area (Å²) in [6, 6.07) is 9.93. The van der Waals surface area contributed by atoms with Crippen molar-refractivity contribution in [3.8, 4) is 5.75 Å². The van der Waals surface area contributed by atoms with Gasteiger partial charge in [-0.3, -0.25) is 9.59 Å². The highest BCUT2D eigenvalue weighted by atomic mass is 32.1. The fraction of sp³-hybridized carbons (Fsp3) is 0.520. The molecule has 3 rings (SSSR count). The van der Waals surface area contributed by atoms with E-state index < -0.39 is 0 Å². The molecule has 2 heterocycles. The van der Waals surface area contributed by atoms with E-state index >= 15 is 0 Å². The molecular formula is C25H34N2O3S. The van der Waals surface area contributed by atoms with Crippen LogP contribution in [0.15, 0.2) is 35.7 Å². The number of thiophene rings is 1. The molecule has 2 unspecified atom stereocenters. The van der Waals surface area contributed by atoms with Crippen molar-refractivity contribution in [1.29, 1.82) is 0 Å². The Bertz CT molecular complexity index is 908. The third-order valence-corrected chi connectivity index (χ3v) is 7.11. The van der Waals surface area contributed by atoms with E-state index in [0.29, 0.717) is 13.2 Å². The maximum Gasteiger partial charge on any atom is 0.242 e. The molecule has 0 saturated carbocycles. The third kappa shape index (κ3) is 5.29. The Labute approximate surface area is 190 Å². The van der Waals surface area contributed by atoms with E-state index in [1.54, 1.807) is 16.2 Å². The number of rotatable bonds is 8. The van der Waals surface area contributed by atoms with Crippen LogP contribution in [0.2, 0.25) is 0 Å². The topological polar surface area (TPSA) is 49.9 Å². The van der Waals surface area contributed by atoms with Crippen LogP contribution in [0.1, 0.15) is 56.2 Å². The van der Waals surface area contributed by atoms with E-state index in [0.717, 1.165) is 24.2 Å². The molecule has 31 heavy (non-hydrogen) atoms. The molecule has 0 saturated heterocycles. The number of amides is 2. The van der Waals surface area contributed by atoms with Crippen molar-refractivity contribution >= 4 is 23.2 Å². The lowest BCUT2D eigenvalue weighted by molar-refractivity contribution is -0.146. The largest absolute Gasteiger partial charge is 0.491 e. The summed E-state index contributed by atoms with van der Waals surface area (Å²) in [5, 5.41) is 2.09. The van der Waals surface area contributed by atoms with Crippen molar-refractivity contribution in [2.75, 3.05) is 19.7 Å². The predicted molar refractivity (Wildman–Crippen MR) is 125 cm³/mol. The Balaban J connectivity index is 1.81. The molecule has 2 amide bonds. The van der Waals surface area contributed by atoms with Crippen LogP contribution in [-0.2, 0) is 16.0 Å². The summed E-state index contributed by atoms with van der Waals surface area (Å²) in [6.45, 7) is 11.0. The van der Waals surface area contributed by atoms with Crippen LogP contribution in [0.3, 0.4) is 0 Å². The second kappa shape index (κ2) is 10.3. The van der Waals surface area contributed by atoms with E-state index in [4.69, 9.17) is 4.74 Å². The summed E-state index contributed by atoms with van der Waals surface area (Å²) in [5.74, 6) is 0.730. The van der Waals surface area contributed by atoms with Crippen LogP contribution in [-0.4, -0.2) is 47.4 Å². The first-order valence-corrected chi connectivity index (χ1v) is 12.1. The Morgan fingerprint density at radius 2 is 1.97 bits per heavy atom. The zero-order valence-corrected chi connectivity index (χ0v) is 20.1. The molecule has 1 aliphatic heterocycles. The average Bonchev–Trinajstić information content (AvgIpc) is 3.24. The number of benzene rings is 1. The van der Waals surface area contributed by atoms with Gasteiger partial charge in [-0.05, 0) is 55.3 Å². The van der Waals surface area contributed by atoms with Gasteiger partial charge in [0.2, 0.25) is 11.8 Å². The normalized spacial score (nSPS) is 16.7. The molecule has 0 spiro atoms. The summed E-state index contributed by atoms with van der Waals surface area (Å²) in [4.78, 5) is 31.2. The average molecular weight is 443 g/mol. The van der Waals surface area contributed by atoms with Crippen molar-refractivity contribution in [1.82, 2.24) is 9.80 Å². The molecule has 2 atom stereocenters. The van der Waals surface area contributed by atoms with Crippen LogP contribution in [0.4, 0.5) is 0 Å². The molecule has 0 radical (unpaired) electrons. The van der Waals surface area contributed by atoms with Gasteiger partial charge in [0, 0.05) is 23.4 Å². The van der Waals surface area contributed by atoms with Gasteiger partial charge in [0.05, 0.1) is 6.04 Å². The van der Waals surface area contributed by atoms with Crippen molar-refractivity contribution in [2.45, 2.75) is 59.5 Å². The molecule has 0 fully saturated rings. The molecule has 0 aliphatic carbocycles. The molecule has 0 bridgehead atoms. The zero-order chi connectivity index (χ0) is 22.5. The summed E-state index contributed by atoms with van der Waals surface area (Å²) < 4.78 is 6.17. The maximum atomic E-state index is 13.5. The Hall–Kier alpha value is -2.34. The van der Waals surface area contributed by atoms with Crippen LogP contribution in [0.25, 0.3) is 0 Å². The van der Waals surface area contributed by atoms with Gasteiger partial charge in [-0.1, -0.05) is 39.0 Å². The van der Waals surface area contributed by atoms with Crippen molar-refractivity contribution in [2.24, 2.45) is 5.92 Å². The highest BCUT2D eigenvalue weighted by Crippen LogP contribution is 2.34. The number of nitrogens with zero attached hydrogens (tertiary/aromatic N) is 2. The number of para-hydroxylation sites is 1. The highest BCUT2D eigenvalue weighted by Gasteiger charge is 2.34. The number of hydrogen-bond acceptors (Lipinski definition) is 4. The number of carbonyl (C=O) groups is 2. The fourth-order valence-corrected chi connectivity index (χ4v) is 4.93. The lowest BCUT2D eigenvalue weighted by Crippen LogP contribution is -2.50. The monoisotopic (exact) mass is 442 g/mol. The predicted octanol–water partition coefficient (Wildman–Crippen LogP) is 4.84. The molecule has 5 nitrogen and oxygen atoms in total. The number of aryl methyl sites for hydroxylation is 1. The standard InChI is InChI=1S/C25H34N2O3S/c1-6-19(5)27(25(29)17(2)3)15-24(28)26-13-11-23-20(12-14-31-23)21(26)16-30-22-10-8-7-9-18(22)4/h7-10,12,14,17,19,21H,6,11,13,15-16H2,1-5H3. The summed E-state index contributed by atoms with van der Waals surface area (Å²) in [7, 11) is 0. The molecule has 0 N–H and O–H groups in total. The molecule has 168 valence electrons. The van der Waals surface area contributed by atoms with E-state index in [2.05, 4.69) is 11.4 Å². The van der Waals surface area contributed by atoms with E-state index in [1.165, 1.54) is 10.4 Å². The molecule has 1 aromatic carbocycles. The maximum absolute atomic E-state index is 13.5. The lowest BCUT2D eigenvalue weighted by Gasteiger charge is -2.38. The zero-order valence-electron chi connectivity index (χ0n) is 19.3. The second-order valence-electron chi connectivity index (χ2n) is 8.61. The van der Waals surface area contributed by atoms with E-state index in [-0.39, 0.29) is 36.4 Å². The SMILES string of the molecule is CCC(C)N(CC(=O)N1CCc2sccc2C1COc1ccccc1C)C(=O)C(C)C. The lowest BCUT2D eigenvalue weighted by atomic mass is 10.00. The van der Waals surface area contributed by atoms with Gasteiger partial charge in [-0.2, -0.15) is 0 Å². The van der Waals surface area contributed by atoms with Gasteiger partial charge in [0.15, 0.2) is 0 Å². The highest BCUT2D eigenvalue weighted by molar-refractivity contribution is 7.10. The first-order valence-electron chi connectivity index (χ1n) is 11.2. The van der Waals surface area contributed by atoms with Crippen LogP contribution in [0, 0.1) is 12.8 Å². The van der Waals surface area contributed by atoms with Gasteiger partial charge in [0.25, 0.3) is 0 Å². The molecule has 2 aromatic rings. The Kier molecular flexibility index (Phi) is 7.76. The minimum atomic E-state index is -0.143. The summed E-state index contributed by atoms with van der Waals surface area (Å²) in [6.07, 6.45) is 1.67. The van der Waals surface area contributed by atoms with Crippen molar-refractivity contribution < 1.29 is 14.3 Å². The summed E-state index contributed by atoms with van der Waals surface area (Å²) in [5.41, 5.74) is 2.25. The van der Waals surface area contributed by atoms with Crippen LogP contribution < -0.4 is 4.74 Å². The quantitative estimate of drug-likeness (QED) is 0.588. The van der Waals surface area contributed by atoms with Gasteiger partial charge in [0.1, 0.15) is 18.9 Å². The van der Waals surface area contributed by atoms with Crippen LogP contribution in [0.5, 0.6) is 5.75 Å². The first-order chi connectivity index (χ1) is 14.8. The molecular weight excluding hydrogens is 408 g/mol. The van der Waals surface area contributed by atoms with E-state index in [1.807, 2.05) is 63.8 Å². The Morgan fingerprint density at radius 3 is 2.65 bits per heavy atom. The van der Waals surface area contributed by atoms with Crippen molar-refractivity contribution in [3.63, 3.8) is 0 Å². The Morgan fingerprint density at radius 1 is 1.23 bits per heavy atom.